The lowest BCUT2D eigenvalue weighted by molar-refractivity contribution is 0.109. The first-order valence-electron chi connectivity index (χ1n) is 8.97. The van der Waals surface area contributed by atoms with E-state index in [1.165, 1.54) is 23.1 Å². The van der Waals surface area contributed by atoms with Crippen molar-refractivity contribution in [2.24, 2.45) is 0 Å². The predicted octanol–water partition coefficient (Wildman–Crippen LogP) is 7.89. The molecule has 0 saturated carbocycles. The second-order valence-corrected chi connectivity index (χ2v) is 9.81. The summed E-state index contributed by atoms with van der Waals surface area (Å²) in [7, 11) is 0. The molecule has 4 aromatic rings. The lowest BCUT2D eigenvalue weighted by atomic mass is 10.1. The molecular formula is C22H15Cl3N2OS2. The lowest BCUT2D eigenvalue weighted by Gasteiger charge is -2.20. The zero-order valence-corrected chi connectivity index (χ0v) is 19.4. The van der Waals surface area contributed by atoms with Crippen molar-refractivity contribution in [2.45, 2.75) is 11.8 Å². The number of carbonyl (C=O) groups excluding carboxylic acids is 1. The SMILES string of the molecule is O=C(SC(Cn1ccnc1)c1c(Cl)cc(Cl)cc1Cl)c1sccc1-c1ccccc1. The highest BCUT2D eigenvalue weighted by molar-refractivity contribution is 8.14. The van der Waals surface area contributed by atoms with Crippen LogP contribution in [0.5, 0.6) is 0 Å². The Morgan fingerprint density at radius 1 is 1.10 bits per heavy atom. The maximum Gasteiger partial charge on any atom is 0.230 e. The monoisotopic (exact) mass is 492 g/mol. The van der Waals surface area contributed by atoms with E-state index in [-0.39, 0.29) is 10.4 Å². The molecule has 0 aliphatic rings. The van der Waals surface area contributed by atoms with Gasteiger partial charge in [-0.2, -0.15) is 0 Å². The van der Waals surface area contributed by atoms with Gasteiger partial charge < -0.3 is 4.57 Å². The van der Waals surface area contributed by atoms with Crippen LogP contribution in [0.2, 0.25) is 15.1 Å². The van der Waals surface area contributed by atoms with Gasteiger partial charge in [0.15, 0.2) is 0 Å². The summed E-state index contributed by atoms with van der Waals surface area (Å²) in [5.74, 6) is 0. The molecule has 2 aromatic carbocycles. The third-order valence-corrected chi connectivity index (χ3v) is 7.46. The number of carbonyl (C=O) groups is 1. The molecule has 1 atom stereocenters. The van der Waals surface area contributed by atoms with E-state index in [9.17, 15) is 4.79 Å². The molecule has 0 fully saturated rings. The van der Waals surface area contributed by atoms with Crippen LogP contribution in [0.4, 0.5) is 0 Å². The van der Waals surface area contributed by atoms with Crippen molar-refractivity contribution in [3.05, 3.63) is 98.1 Å². The predicted molar refractivity (Wildman–Crippen MR) is 128 cm³/mol. The quantitative estimate of drug-likeness (QED) is 0.274. The van der Waals surface area contributed by atoms with Gasteiger partial charge in [-0.05, 0) is 29.1 Å². The number of aromatic nitrogens is 2. The zero-order chi connectivity index (χ0) is 21.1. The van der Waals surface area contributed by atoms with Crippen LogP contribution in [0.15, 0.2) is 72.6 Å². The first-order chi connectivity index (χ1) is 14.5. The summed E-state index contributed by atoms with van der Waals surface area (Å²) in [6.45, 7) is 0.490. The molecule has 0 N–H and O–H groups in total. The molecule has 2 heterocycles. The van der Waals surface area contributed by atoms with Crippen molar-refractivity contribution in [1.29, 1.82) is 0 Å². The largest absolute Gasteiger partial charge is 0.336 e. The minimum absolute atomic E-state index is 0.0314. The fourth-order valence-corrected chi connectivity index (χ4v) is 6.47. The normalized spacial score (nSPS) is 12.1. The molecular weight excluding hydrogens is 479 g/mol. The number of imidazole rings is 1. The number of hydrogen-bond acceptors (Lipinski definition) is 4. The van der Waals surface area contributed by atoms with Crippen LogP contribution in [-0.4, -0.2) is 14.7 Å². The van der Waals surface area contributed by atoms with Crippen LogP contribution >= 0.6 is 57.9 Å². The van der Waals surface area contributed by atoms with Gasteiger partial charge in [0.1, 0.15) is 0 Å². The van der Waals surface area contributed by atoms with Crippen LogP contribution < -0.4 is 0 Å². The van der Waals surface area contributed by atoms with E-state index in [2.05, 4.69) is 4.98 Å². The molecule has 0 bridgehead atoms. The second-order valence-electron chi connectivity index (χ2n) is 6.47. The van der Waals surface area contributed by atoms with E-state index in [1.807, 2.05) is 52.5 Å². The number of hydrogen-bond donors (Lipinski definition) is 0. The molecule has 2 aromatic heterocycles. The molecule has 152 valence electrons. The number of thiophene rings is 1. The Hall–Kier alpha value is -1.76. The van der Waals surface area contributed by atoms with Gasteiger partial charge in [-0.1, -0.05) is 76.9 Å². The number of halogens is 3. The summed E-state index contributed by atoms with van der Waals surface area (Å²) in [5, 5.41) is 2.92. The summed E-state index contributed by atoms with van der Waals surface area (Å²) in [4.78, 5) is 18.1. The molecule has 0 radical (unpaired) electrons. The Labute approximate surface area is 197 Å². The number of rotatable bonds is 6. The Balaban J connectivity index is 1.68. The molecule has 0 amide bonds. The average Bonchev–Trinajstić information content (AvgIpc) is 3.39. The summed E-state index contributed by atoms with van der Waals surface area (Å²) in [6, 6.07) is 15.2. The number of nitrogens with zero attached hydrogens (tertiary/aromatic N) is 2. The summed E-state index contributed by atoms with van der Waals surface area (Å²) < 4.78 is 1.90. The van der Waals surface area contributed by atoms with Gasteiger partial charge in [-0.15, -0.1) is 11.3 Å². The molecule has 3 nitrogen and oxygen atoms in total. The zero-order valence-electron chi connectivity index (χ0n) is 15.5. The van der Waals surface area contributed by atoms with Crippen molar-refractivity contribution in [1.82, 2.24) is 9.55 Å². The van der Waals surface area contributed by atoms with E-state index in [1.54, 1.807) is 24.7 Å². The fourth-order valence-electron chi connectivity index (χ4n) is 3.13. The van der Waals surface area contributed by atoms with Gasteiger partial charge >= 0.3 is 0 Å². The first kappa shape index (κ1) is 21.5. The summed E-state index contributed by atoms with van der Waals surface area (Å²) in [6.07, 6.45) is 5.24. The highest BCUT2D eigenvalue weighted by atomic mass is 35.5. The highest BCUT2D eigenvalue weighted by Gasteiger charge is 2.26. The summed E-state index contributed by atoms with van der Waals surface area (Å²) >= 11 is 21.7. The third-order valence-electron chi connectivity index (χ3n) is 4.49. The van der Waals surface area contributed by atoms with E-state index < -0.39 is 0 Å². The Kier molecular flexibility index (Phi) is 6.86. The molecule has 0 aliphatic carbocycles. The van der Waals surface area contributed by atoms with Gasteiger partial charge in [0.25, 0.3) is 0 Å². The maximum atomic E-state index is 13.3. The molecule has 4 rings (SSSR count). The third kappa shape index (κ3) is 4.76. The summed E-state index contributed by atoms with van der Waals surface area (Å²) in [5.41, 5.74) is 2.62. The van der Waals surface area contributed by atoms with E-state index in [0.717, 1.165) is 11.1 Å². The van der Waals surface area contributed by atoms with Crippen molar-refractivity contribution >= 4 is 63.0 Å². The average molecular weight is 494 g/mol. The maximum absolute atomic E-state index is 13.3. The Morgan fingerprint density at radius 2 is 1.83 bits per heavy atom. The van der Waals surface area contributed by atoms with Crippen LogP contribution in [-0.2, 0) is 6.54 Å². The topological polar surface area (TPSA) is 34.9 Å². The van der Waals surface area contributed by atoms with Crippen molar-refractivity contribution in [3.63, 3.8) is 0 Å². The smallest absolute Gasteiger partial charge is 0.230 e. The molecule has 0 spiro atoms. The highest BCUT2D eigenvalue weighted by Crippen LogP contribution is 2.43. The van der Waals surface area contributed by atoms with Gasteiger partial charge in [-0.3, -0.25) is 4.79 Å². The van der Waals surface area contributed by atoms with Crippen molar-refractivity contribution < 1.29 is 4.79 Å². The Bertz CT molecular complexity index is 1140. The standard InChI is InChI=1S/C22H15Cl3N2OS2/c23-15-10-17(24)20(18(25)11-15)19(12-27-8-7-26-13-27)30-22(28)21-16(6-9-29-21)14-4-2-1-3-5-14/h1-11,13,19H,12H2. The van der Waals surface area contributed by atoms with Crippen LogP contribution in [0, 0.1) is 0 Å². The van der Waals surface area contributed by atoms with Gasteiger partial charge in [-0.25, -0.2) is 4.98 Å². The second kappa shape index (κ2) is 9.58. The molecule has 0 saturated heterocycles. The van der Waals surface area contributed by atoms with Gasteiger partial charge in [0.05, 0.1) is 16.5 Å². The van der Waals surface area contributed by atoms with Gasteiger partial charge in [0, 0.05) is 45.1 Å². The fraction of sp³-hybridized carbons (Fsp3) is 0.0909. The van der Waals surface area contributed by atoms with E-state index in [0.29, 0.717) is 32.1 Å². The van der Waals surface area contributed by atoms with Crippen LogP contribution in [0.25, 0.3) is 11.1 Å². The van der Waals surface area contributed by atoms with E-state index >= 15 is 0 Å². The molecule has 0 aliphatic heterocycles. The van der Waals surface area contributed by atoms with Crippen LogP contribution in [0.1, 0.15) is 20.5 Å². The molecule has 30 heavy (non-hydrogen) atoms. The minimum Gasteiger partial charge on any atom is -0.336 e. The van der Waals surface area contributed by atoms with Gasteiger partial charge in [0.2, 0.25) is 5.12 Å². The lowest BCUT2D eigenvalue weighted by Crippen LogP contribution is -2.09. The number of thioether (sulfide) groups is 1. The minimum atomic E-state index is -0.310. The molecule has 1 unspecified atom stereocenters. The first-order valence-corrected chi connectivity index (χ1v) is 11.9. The van der Waals surface area contributed by atoms with Crippen molar-refractivity contribution in [3.8, 4) is 11.1 Å². The number of benzene rings is 2. The van der Waals surface area contributed by atoms with E-state index in [4.69, 9.17) is 34.8 Å². The van der Waals surface area contributed by atoms with Crippen molar-refractivity contribution in [2.75, 3.05) is 0 Å². The molecule has 8 heteroatoms. The van der Waals surface area contributed by atoms with Crippen LogP contribution in [0.3, 0.4) is 0 Å². The Morgan fingerprint density at radius 3 is 2.50 bits per heavy atom.